The fourth-order valence-electron chi connectivity index (χ4n) is 12.9. The Morgan fingerprint density at radius 2 is 1.01 bits per heavy atom. The number of thiophene rings is 2. The summed E-state index contributed by atoms with van der Waals surface area (Å²) < 4.78 is 64.5. The van der Waals surface area contributed by atoms with Crippen molar-refractivity contribution >= 4 is 71.0 Å². The quantitative estimate of drug-likeness (QED) is 0.0388. The lowest BCUT2D eigenvalue weighted by Gasteiger charge is -2.39. The van der Waals surface area contributed by atoms with Crippen LogP contribution in [0.2, 0.25) is 0 Å². The van der Waals surface area contributed by atoms with Crippen LogP contribution in [0.5, 0.6) is 40.2 Å². The van der Waals surface area contributed by atoms with Crippen LogP contribution >= 0.6 is 35.6 Å². The topological polar surface area (TPSA) is 365 Å². The number of aliphatic hydroxyl groups is 9. The number of hydrogen-bond acceptors (Lipinski definition) is 27. The van der Waals surface area contributed by atoms with Gasteiger partial charge in [-0.15, -0.1) is 22.7 Å². The highest BCUT2D eigenvalue weighted by Crippen LogP contribution is 2.46. The Hall–Kier alpha value is -8.51. The average Bonchev–Trinajstić information content (AvgIpc) is 1.62. The molecule has 0 bridgehead atoms. The number of carbonyl (C=O) groups is 4. The Morgan fingerprint density at radius 3 is 1.47 bits per heavy atom. The molecule has 0 aliphatic carbocycles. The summed E-state index contributed by atoms with van der Waals surface area (Å²) in [5, 5.41) is 99.2. The monoisotopic (exact) mass is 1420 g/mol. The van der Waals surface area contributed by atoms with E-state index < -0.39 is 117 Å². The summed E-state index contributed by atoms with van der Waals surface area (Å²) in [5.41, 5.74) is 3.70. The number of thiol groups is 1. The summed E-state index contributed by atoms with van der Waals surface area (Å²) in [6.07, 6.45) is -16.9. The molecule has 99 heavy (non-hydrogen) atoms. The molecule has 9 N–H and O–H groups in total. The summed E-state index contributed by atoms with van der Waals surface area (Å²) in [6.45, 7) is -1.89. The Bertz CT molecular complexity index is 4100. The molecule has 2 saturated heterocycles. The highest BCUT2D eigenvalue weighted by molar-refractivity contribution is 7.75. The van der Waals surface area contributed by atoms with Crippen molar-refractivity contribution in [2.45, 2.75) is 139 Å². The first-order valence-electron chi connectivity index (χ1n) is 31.4. The van der Waals surface area contributed by atoms with E-state index in [-0.39, 0.29) is 116 Å². The summed E-state index contributed by atoms with van der Waals surface area (Å²) in [4.78, 5) is 65.7. The maximum Gasteiger partial charge on any atom is 0.416 e. The van der Waals surface area contributed by atoms with Crippen LogP contribution < -0.4 is 42.4 Å². The van der Waals surface area contributed by atoms with Crippen LogP contribution in [-0.4, -0.2) is 187 Å². The minimum Gasteiger partial charge on any atom is -0.493 e. The number of rotatable bonds is 19. The van der Waals surface area contributed by atoms with Gasteiger partial charge in [-0.25, -0.2) is 19.4 Å². The van der Waals surface area contributed by atoms with Gasteiger partial charge in [-0.2, -0.15) is 0 Å². The molecule has 13 rings (SSSR count). The number of methoxy groups -OCH3 is 2. The van der Waals surface area contributed by atoms with E-state index in [9.17, 15) is 65.1 Å². The maximum absolute atomic E-state index is 14.8. The SMILES string of the molecule is COc1cc2c(cc1OCc1cc(COc3cc4c(cc3OC)C(=O)N3Cc5ccsc5C[C@H]3C(O)N4C(=O)OCc3ccc(O[C@H]4C[C@@H](O)[C@@H](O)[C@@H](CO)O4)cc3)cc(OS)c1)N(C(=O)OCc1ccc(O[C@@H]3O[C@H](CO)[C@H](O)[C@H](O)[C@H]3O)cc1)C(O)C1Cc3sccc3CN1C2=O. The lowest BCUT2D eigenvalue weighted by Crippen LogP contribution is -2.60. The summed E-state index contributed by atoms with van der Waals surface area (Å²) in [6, 6.07) is 25.3. The number of ether oxygens (including phenoxy) is 10. The molecule has 0 saturated carbocycles. The van der Waals surface area contributed by atoms with E-state index in [1.165, 1.54) is 83.1 Å². The van der Waals surface area contributed by atoms with Crippen molar-refractivity contribution in [1.82, 2.24) is 9.80 Å². The van der Waals surface area contributed by atoms with Crippen LogP contribution in [0, 0.1) is 0 Å². The van der Waals surface area contributed by atoms with Gasteiger partial charge >= 0.3 is 12.2 Å². The minimum absolute atomic E-state index is 0.00109. The third kappa shape index (κ3) is 14.0. The van der Waals surface area contributed by atoms with Gasteiger partial charge in [0.05, 0.1) is 68.1 Å². The van der Waals surface area contributed by atoms with Gasteiger partial charge in [0.15, 0.2) is 35.5 Å². The molecular formula is C68H70N4O24S3. The van der Waals surface area contributed by atoms with Crippen LogP contribution in [0.1, 0.15) is 70.3 Å². The first-order valence-corrected chi connectivity index (χ1v) is 33.5. The number of anilines is 2. The van der Waals surface area contributed by atoms with E-state index in [0.29, 0.717) is 28.0 Å². The Kier molecular flexibility index (Phi) is 20.5. The number of amides is 4. The fourth-order valence-corrected chi connectivity index (χ4v) is 14.9. The third-order valence-electron chi connectivity index (χ3n) is 18.2. The van der Waals surface area contributed by atoms with Crippen molar-refractivity contribution in [2.75, 3.05) is 37.2 Å². The van der Waals surface area contributed by atoms with Crippen molar-refractivity contribution in [2.24, 2.45) is 0 Å². The van der Waals surface area contributed by atoms with Crippen molar-refractivity contribution in [3.8, 4) is 40.2 Å². The van der Waals surface area contributed by atoms with Gasteiger partial charge in [0.25, 0.3) is 11.8 Å². The highest BCUT2D eigenvalue weighted by atomic mass is 32.1. The molecule has 7 aromatic rings. The molecule has 3 unspecified atom stereocenters. The highest BCUT2D eigenvalue weighted by Gasteiger charge is 2.49. The van der Waals surface area contributed by atoms with Crippen molar-refractivity contribution in [3.63, 3.8) is 0 Å². The predicted molar refractivity (Wildman–Crippen MR) is 352 cm³/mol. The molecule has 2 aromatic heterocycles. The second kappa shape index (κ2) is 29.4. The molecule has 0 radical (unpaired) electrons. The largest absolute Gasteiger partial charge is 0.493 e. The van der Waals surface area contributed by atoms with Gasteiger partial charge in [-0.1, -0.05) is 24.3 Å². The standard InChI is InChI=1S/C68H70N4O24S3/c1-86-49-18-42-44(71(64(82)46-22-55-37(11-13-98-55)25-69(46)62(42)80)67(84)90-29-33-3-7-39(8-4-33)92-57-24-48(75)58(76)53(27-73)94-57)20-51(49)88-31-35-15-36(17-41(16-35)96-97)32-89-52-21-45-43(19-50(52)87-2)63(81)70-26-38-12-14-99-56(38)23-47(70)65(83)72(45)68(85)91-30-34-5-9-40(10-6-34)93-66-61(79)60(78)59(77)54(28-74)95-66/h3-21,46-48,53-54,57-61,64-66,73-79,82-83,97H,22-32H2,1-2H3/t46-,47?,48+,53+,54+,57+,58+,59-,60-,61+,64?,65?,66+/m0/s1. The number of carbonyl (C=O) groups excluding carboxylic acids is 4. The molecule has 0 spiro atoms. The normalized spacial score (nSPS) is 25.5. The van der Waals surface area contributed by atoms with Crippen molar-refractivity contribution < 1.29 is 117 Å². The molecule has 2 fully saturated rings. The van der Waals surface area contributed by atoms with E-state index in [0.717, 1.165) is 30.7 Å². The first kappa shape index (κ1) is 69.0. The van der Waals surface area contributed by atoms with E-state index >= 15 is 0 Å². The Labute approximate surface area is 578 Å². The number of nitrogens with zero attached hydrogens (tertiary/aromatic N) is 4. The molecule has 31 heteroatoms. The van der Waals surface area contributed by atoms with Crippen LogP contribution in [-0.2, 0) is 71.3 Å². The second-order valence-corrected chi connectivity index (χ2v) is 26.5. The van der Waals surface area contributed by atoms with Gasteiger partial charge in [0.1, 0.15) is 80.3 Å². The zero-order chi connectivity index (χ0) is 69.5. The minimum atomic E-state index is -1.66. The first-order chi connectivity index (χ1) is 47.8. The van der Waals surface area contributed by atoms with E-state index in [2.05, 4.69) is 12.9 Å². The molecule has 13 atom stereocenters. The second-order valence-electron chi connectivity index (χ2n) is 24.3. The van der Waals surface area contributed by atoms with E-state index in [4.69, 9.17) is 51.6 Å². The zero-order valence-electron chi connectivity index (χ0n) is 53.0. The summed E-state index contributed by atoms with van der Waals surface area (Å²) in [7, 11) is 2.77. The van der Waals surface area contributed by atoms with Crippen LogP contribution in [0.4, 0.5) is 21.0 Å². The average molecular weight is 1420 g/mol. The molecule has 6 aliphatic heterocycles. The van der Waals surface area contributed by atoms with Crippen LogP contribution in [0.15, 0.2) is 114 Å². The van der Waals surface area contributed by atoms with E-state index in [1.807, 2.05) is 22.9 Å². The van der Waals surface area contributed by atoms with Gasteiger partial charge < -0.3 is 107 Å². The van der Waals surface area contributed by atoms with Gasteiger partial charge in [-0.3, -0.25) is 9.59 Å². The third-order valence-corrected chi connectivity index (χ3v) is 20.4. The number of benzene rings is 5. The number of hydrogen-bond donors (Lipinski definition) is 10. The van der Waals surface area contributed by atoms with Crippen molar-refractivity contribution in [1.29, 1.82) is 0 Å². The smallest absolute Gasteiger partial charge is 0.416 e. The molecule has 5 aromatic carbocycles. The zero-order valence-corrected chi connectivity index (χ0v) is 55.5. The van der Waals surface area contributed by atoms with Gasteiger partial charge in [-0.05, 0) is 111 Å². The molecule has 524 valence electrons. The number of fused-ring (bicyclic) bond motifs is 6. The van der Waals surface area contributed by atoms with E-state index in [1.54, 1.807) is 54.6 Å². The molecule has 28 nitrogen and oxygen atoms in total. The van der Waals surface area contributed by atoms with Gasteiger partial charge in [0.2, 0.25) is 12.6 Å². The lowest BCUT2D eigenvalue weighted by molar-refractivity contribution is -0.277. The molecular weight excluding hydrogens is 1350 g/mol. The predicted octanol–water partition coefficient (Wildman–Crippen LogP) is 4.68. The summed E-state index contributed by atoms with van der Waals surface area (Å²) >= 11 is 7.06. The lowest BCUT2D eigenvalue weighted by atomic mass is 9.99. The van der Waals surface area contributed by atoms with Crippen LogP contribution in [0.25, 0.3) is 0 Å². The molecule has 6 aliphatic rings. The maximum atomic E-state index is 14.8. The Balaban J connectivity index is 0.737. The molecule has 8 heterocycles. The Morgan fingerprint density at radius 1 is 0.535 bits per heavy atom. The molecule has 4 amide bonds. The number of aliphatic hydroxyl groups excluding tert-OH is 9. The fraction of sp³-hybridized carbons (Fsp3) is 0.382. The summed E-state index contributed by atoms with van der Waals surface area (Å²) in [5.74, 6) is 0.0998. The van der Waals surface area contributed by atoms with Crippen LogP contribution in [0.3, 0.4) is 0 Å². The van der Waals surface area contributed by atoms with Crippen molar-refractivity contribution in [3.05, 3.63) is 168 Å². The van der Waals surface area contributed by atoms with Gasteiger partial charge in [0, 0.05) is 67.1 Å².